The molecule has 2 aromatic heterocycles. The van der Waals surface area contributed by atoms with Crippen LogP contribution in [0.1, 0.15) is 29.3 Å². The number of nitrogens with zero attached hydrogens (tertiary/aromatic N) is 3. The average molecular weight is 450 g/mol. The number of aryl methyl sites for hydroxylation is 2. The molecule has 0 aliphatic rings. The molecule has 0 aliphatic carbocycles. The number of allylic oxidation sites excluding steroid dienone is 1. The van der Waals surface area contributed by atoms with Gasteiger partial charge in [0, 0.05) is 17.3 Å². The van der Waals surface area contributed by atoms with Crippen molar-refractivity contribution in [2.45, 2.75) is 20.8 Å². The van der Waals surface area contributed by atoms with E-state index in [2.05, 4.69) is 10.1 Å². The second-order valence-electron chi connectivity index (χ2n) is 7.60. The Morgan fingerprint density at radius 1 is 1.12 bits per heavy atom. The van der Waals surface area contributed by atoms with Gasteiger partial charge in [-0.2, -0.15) is 5.10 Å². The van der Waals surface area contributed by atoms with E-state index in [0.29, 0.717) is 22.4 Å². The number of fused-ring (bicyclic) bond motifs is 1. The number of rotatable bonds is 4. The van der Waals surface area contributed by atoms with E-state index in [9.17, 15) is 9.18 Å². The Balaban J connectivity index is 2.01. The van der Waals surface area contributed by atoms with Gasteiger partial charge in [0.25, 0.3) is 0 Å². The molecule has 0 amide bonds. The second-order valence-corrected chi connectivity index (χ2v) is 8.03. The SMILES string of the molecule is COc1cc(/C=C(\C)c2nn(-c3ccc(Cl)cc3F)c3cc(C)c(C)cc3c2=O)ccn1. The maximum Gasteiger partial charge on any atom is 0.215 e. The van der Waals surface area contributed by atoms with Crippen LogP contribution in [0.3, 0.4) is 0 Å². The lowest BCUT2D eigenvalue weighted by Gasteiger charge is -2.15. The number of hydrogen-bond donors (Lipinski definition) is 0. The Morgan fingerprint density at radius 2 is 1.88 bits per heavy atom. The predicted molar refractivity (Wildman–Crippen MR) is 126 cm³/mol. The molecule has 0 atom stereocenters. The topological polar surface area (TPSA) is 57.0 Å². The first-order valence-electron chi connectivity index (χ1n) is 9.97. The summed E-state index contributed by atoms with van der Waals surface area (Å²) in [6.45, 7) is 5.68. The fourth-order valence-corrected chi connectivity index (χ4v) is 3.68. The van der Waals surface area contributed by atoms with Crippen molar-refractivity contribution in [3.8, 4) is 11.6 Å². The largest absolute Gasteiger partial charge is 0.481 e. The van der Waals surface area contributed by atoms with Gasteiger partial charge in [-0.1, -0.05) is 11.6 Å². The van der Waals surface area contributed by atoms with Gasteiger partial charge in [-0.3, -0.25) is 4.79 Å². The molecule has 0 spiro atoms. The Morgan fingerprint density at radius 3 is 2.59 bits per heavy atom. The molecule has 0 bridgehead atoms. The molecule has 4 rings (SSSR count). The Labute approximate surface area is 189 Å². The summed E-state index contributed by atoms with van der Waals surface area (Å²) in [4.78, 5) is 17.5. The molecule has 0 N–H and O–H groups in total. The third-order valence-electron chi connectivity index (χ3n) is 5.36. The van der Waals surface area contributed by atoms with Crippen LogP contribution in [-0.4, -0.2) is 21.9 Å². The number of halogens is 2. The monoisotopic (exact) mass is 449 g/mol. The zero-order chi connectivity index (χ0) is 23.0. The highest BCUT2D eigenvalue weighted by Gasteiger charge is 2.17. The maximum atomic E-state index is 14.8. The molecule has 0 radical (unpaired) electrons. The van der Waals surface area contributed by atoms with E-state index < -0.39 is 5.82 Å². The van der Waals surface area contributed by atoms with E-state index in [4.69, 9.17) is 16.3 Å². The third-order valence-corrected chi connectivity index (χ3v) is 5.60. The maximum absolute atomic E-state index is 14.8. The highest BCUT2D eigenvalue weighted by Crippen LogP contribution is 2.25. The van der Waals surface area contributed by atoms with Gasteiger partial charge in [-0.25, -0.2) is 14.1 Å². The lowest BCUT2D eigenvalue weighted by atomic mass is 10.0. The van der Waals surface area contributed by atoms with Crippen molar-refractivity contribution < 1.29 is 9.13 Å². The van der Waals surface area contributed by atoms with Crippen LogP contribution in [0.25, 0.3) is 28.2 Å². The van der Waals surface area contributed by atoms with Crippen LogP contribution in [0.2, 0.25) is 5.02 Å². The summed E-state index contributed by atoms with van der Waals surface area (Å²) in [7, 11) is 1.54. The van der Waals surface area contributed by atoms with E-state index in [1.807, 2.05) is 32.1 Å². The molecular formula is C25H21ClFN3O2. The molecule has 0 saturated heterocycles. The molecule has 162 valence electrons. The van der Waals surface area contributed by atoms with Crippen molar-refractivity contribution in [3.63, 3.8) is 0 Å². The van der Waals surface area contributed by atoms with Crippen molar-refractivity contribution in [3.05, 3.63) is 92.1 Å². The minimum absolute atomic E-state index is 0.210. The standard InChI is InChI=1S/C25H21ClFN3O2/c1-14-10-19-22(11-15(14)2)30(21-6-5-18(26)13-20(21)27)29-24(25(19)31)16(3)9-17-7-8-28-23(12-17)32-4/h5-13H,1-4H3/b16-9+. The smallest absolute Gasteiger partial charge is 0.215 e. The van der Waals surface area contributed by atoms with Gasteiger partial charge in [0.15, 0.2) is 0 Å². The molecule has 0 aliphatic heterocycles. The molecule has 7 heteroatoms. The highest BCUT2D eigenvalue weighted by molar-refractivity contribution is 6.30. The minimum atomic E-state index is -0.528. The van der Waals surface area contributed by atoms with Gasteiger partial charge < -0.3 is 4.74 Å². The molecule has 2 aromatic carbocycles. The van der Waals surface area contributed by atoms with E-state index in [1.165, 1.54) is 17.9 Å². The summed E-state index contributed by atoms with van der Waals surface area (Å²) in [5.74, 6) is -0.0654. The normalized spacial score (nSPS) is 11.8. The highest BCUT2D eigenvalue weighted by atomic mass is 35.5. The van der Waals surface area contributed by atoms with Crippen LogP contribution in [0.5, 0.6) is 5.88 Å². The van der Waals surface area contributed by atoms with Crippen molar-refractivity contribution in [2.24, 2.45) is 0 Å². The number of aromatic nitrogens is 3. The fourth-order valence-electron chi connectivity index (χ4n) is 3.52. The van der Waals surface area contributed by atoms with E-state index in [1.54, 1.807) is 37.4 Å². The predicted octanol–water partition coefficient (Wildman–Crippen LogP) is 5.76. The van der Waals surface area contributed by atoms with Gasteiger partial charge in [-0.15, -0.1) is 0 Å². The Hall–Kier alpha value is -3.51. The second kappa shape index (κ2) is 8.55. The number of methoxy groups -OCH3 is 1. The van der Waals surface area contributed by atoms with Gasteiger partial charge in [-0.05, 0) is 85.5 Å². The number of pyridine rings is 1. The van der Waals surface area contributed by atoms with Gasteiger partial charge in [0.05, 0.1) is 18.0 Å². The Kier molecular flexibility index (Phi) is 5.80. The third kappa shape index (κ3) is 4.01. The molecule has 4 aromatic rings. The van der Waals surface area contributed by atoms with Crippen molar-refractivity contribution in [2.75, 3.05) is 7.11 Å². The quantitative estimate of drug-likeness (QED) is 0.397. The fraction of sp³-hybridized carbons (Fsp3) is 0.160. The molecule has 0 fully saturated rings. The van der Waals surface area contributed by atoms with Crippen molar-refractivity contribution in [1.82, 2.24) is 14.8 Å². The average Bonchev–Trinajstić information content (AvgIpc) is 2.76. The number of ether oxygens (including phenoxy) is 1. The molecule has 0 saturated carbocycles. The van der Waals surface area contributed by atoms with Crippen LogP contribution in [0.15, 0.2) is 53.5 Å². The zero-order valence-corrected chi connectivity index (χ0v) is 18.9. The minimum Gasteiger partial charge on any atom is -0.481 e. The van der Waals surface area contributed by atoms with Crippen LogP contribution in [-0.2, 0) is 0 Å². The summed E-state index contributed by atoms with van der Waals surface area (Å²) in [6, 6.07) is 11.6. The summed E-state index contributed by atoms with van der Waals surface area (Å²) < 4.78 is 21.5. The van der Waals surface area contributed by atoms with E-state index >= 15 is 0 Å². The first kappa shape index (κ1) is 21.7. The van der Waals surface area contributed by atoms with Crippen molar-refractivity contribution >= 4 is 34.2 Å². The van der Waals surface area contributed by atoms with Gasteiger partial charge in [0.1, 0.15) is 17.2 Å². The summed E-state index contributed by atoms with van der Waals surface area (Å²) in [5, 5.41) is 5.33. The molecule has 0 unspecified atom stereocenters. The summed E-state index contributed by atoms with van der Waals surface area (Å²) in [5.41, 5.74) is 4.13. The first-order chi connectivity index (χ1) is 15.3. The lowest BCUT2D eigenvalue weighted by molar-refractivity contribution is 0.398. The van der Waals surface area contributed by atoms with Crippen LogP contribution in [0, 0.1) is 19.7 Å². The number of hydrogen-bond acceptors (Lipinski definition) is 4. The van der Waals surface area contributed by atoms with Crippen molar-refractivity contribution in [1.29, 1.82) is 0 Å². The van der Waals surface area contributed by atoms with E-state index in [-0.39, 0.29) is 21.8 Å². The zero-order valence-electron chi connectivity index (χ0n) is 18.1. The molecule has 5 nitrogen and oxygen atoms in total. The van der Waals surface area contributed by atoms with Gasteiger partial charge >= 0.3 is 0 Å². The van der Waals surface area contributed by atoms with Crippen LogP contribution < -0.4 is 10.2 Å². The molecular weight excluding hydrogens is 429 g/mol. The Bertz CT molecular complexity index is 1440. The van der Waals surface area contributed by atoms with Crippen LogP contribution >= 0.6 is 11.6 Å². The molecule has 32 heavy (non-hydrogen) atoms. The summed E-state index contributed by atoms with van der Waals surface area (Å²) in [6.07, 6.45) is 3.45. The van der Waals surface area contributed by atoms with E-state index in [0.717, 1.165) is 16.7 Å². The summed E-state index contributed by atoms with van der Waals surface area (Å²) >= 11 is 5.95. The number of benzene rings is 2. The van der Waals surface area contributed by atoms with Crippen LogP contribution in [0.4, 0.5) is 4.39 Å². The van der Waals surface area contributed by atoms with Gasteiger partial charge in [0.2, 0.25) is 11.3 Å². The first-order valence-corrected chi connectivity index (χ1v) is 10.3. The molecule has 2 heterocycles. The lowest BCUT2D eigenvalue weighted by Crippen LogP contribution is -2.18.